The van der Waals surface area contributed by atoms with E-state index in [0.717, 1.165) is 18.0 Å². The summed E-state index contributed by atoms with van der Waals surface area (Å²) in [5.74, 6) is 0. The van der Waals surface area contributed by atoms with Crippen LogP contribution in [-0.2, 0) is 16.6 Å². The van der Waals surface area contributed by atoms with Crippen molar-refractivity contribution in [3.8, 4) is 0 Å². The predicted molar refractivity (Wildman–Crippen MR) is 76.5 cm³/mol. The van der Waals surface area contributed by atoms with E-state index >= 15 is 0 Å². The Kier molecular flexibility index (Phi) is 4.93. The molecule has 8 heteroatoms. The molecule has 0 aromatic carbocycles. The Morgan fingerprint density at radius 2 is 2.00 bits per heavy atom. The van der Waals surface area contributed by atoms with Crippen LogP contribution in [0.2, 0.25) is 0 Å². The molecule has 1 fully saturated rings. The Morgan fingerprint density at radius 3 is 2.63 bits per heavy atom. The van der Waals surface area contributed by atoms with Gasteiger partial charge in [0.15, 0.2) is 0 Å². The fourth-order valence-corrected chi connectivity index (χ4v) is 4.55. The first kappa shape index (κ1) is 14.9. The van der Waals surface area contributed by atoms with Gasteiger partial charge in [-0.1, -0.05) is 0 Å². The second-order valence-electron chi connectivity index (χ2n) is 4.62. The molecule has 0 saturated carbocycles. The number of rotatable bonds is 5. The highest BCUT2D eigenvalue weighted by Gasteiger charge is 2.24. The summed E-state index contributed by atoms with van der Waals surface area (Å²) in [6, 6.07) is 1.66. The van der Waals surface area contributed by atoms with Crippen LogP contribution in [0.1, 0.15) is 4.88 Å². The molecule has 0 amide bonds. The zero-order valence-electron chi connectivity index (χ0n) is 11.2. The summed E-state index contributed by atoms with van der Waals surface area (Å²) in [6.45, 7) is 3.73. The third-order valence-corrected chi connectivity index (χ3v) is 5.59. The lowest BCUT2D eigenvalue weighted by atomic mass is 10.4. The van der Waals surface area contributed by atoms with E-state index in [4.69, 9.17) is 0 Å². The van der Waals surface area contributed by atoms with E-state index in [1.165, 1.54) is 11.3 Å². The molecular weight excluding hydrogens is 284 g/mol. The van der Waals surface area contributed by atoms with E-state index in [1.54, 1.807) is 11.1 Å². The van der Waals surface area contributed by atoms with Crippen LogP contribution >= 0.6 is 11.3 Å². The molecule has 0 unspecified atom stereocenters. The summed E-state index contributed by atoms with van der Waals surface area (Å²) in [7, 11) is 0.388. The predicted octanol–water partition coefficient (Wildman–Crippen LogP) is -0.0918. The average molecular weight is 304 g/mol. The molecule has 108 valence electrons. The minimum Gasteiger partial charge on any atom is -0.315 e. The zero-order chi connectivity index (χ0) is 13.9. The van der Waals surface area contributed by atoms with Gasteiger partial charge in [0.1, 0.15) is 0 Å². The molecule has 0 aliphatic carbocycles. The van der Waals surface area contributed by atoms with Gasteiger partial charge in [-0.25, -0.2) is 13.4 Å². The molecule has 6 nitrogen and oxygen atoms in total. The van der Waals surface area contributed by atoms with Crippen molar-refractivity contribution in [1.29, 1.82) is 0 Å². The van der Waals surface area contributed by atoms with Crippen LogP contribution in [0.3, 0.4) is 0 Å². The fraction of sp³-hybridized carbons (Fsp3) is 0.636. The minimum absolute atomic E-state index is 0.380. The molecule has 1 saturated heterocycles. The molecule has 0 spiro atoms. The smallest absolute Gasteiger partial charge is 0.254 e. The molecule has 2 rings (SSSR count). The van der Waals surface area contributed by atoms with Gasteiger partial charge in [0.05, 0.1) is 4.90 Å². The number of nitrogens with one attached hydrogen (secondary N) is 2. The van der Waals surface area contributed by atoms with Gasteiger partial charge in [-0.15, -0.1) is 16.2 Å². The van der Waals surface area contributed by atoms with Crippen molar-refractivity contribution < 1.29 is 8.42 Å². The van der Waals surface area contributed by atoms with Gasteiger partial charge in [-0.05, 0) is 25.5 Å². The van der Waals surface area contributed by atoms with Gasteiger partial charge in [0.25, 0.3) is 10.0 Å². The highest BCUT2D eigenvalue weighted by molar-refractivity contribution is 7.89. The first-order valence-corrected chi connectivity index (χ1v) is 8.56. The third kappa shape index (κ3) is 3.74. The van der Waals surface area contributed by atoms with Crippen molar-refractivity contribution >= 4 is 21.4 Å². The molecule has 1 aliphatic heterocycles. The summed E-state index contributed by atoms with van der Waals surface area (Å²) in [5, 5.41) is 6.57. The van der Waals surface area contributed by atoms with Gasteiger partial charge >= 0.3 is 0 Å². The average Bonchev–Trinajstić information content (AvgIpc) is 2.81. The van der Waals surface area contributed by atoms with Gasteiger partial charge < -0.3 is 10.2 Å². The topological polar surface area (TPSA) is 64.7 Å². The van der Waals surface area contributed by atoms with Crippen molar-refractivity contribution in [2.24, 2.45) is 0 Å². The maximum atomic E-state index is 12.4. The maximum Gasteiger partial charge on any atom is 0.254 e. The SMILES string of the molecule is CNCc1sccc1S(=O)(=O)NN1CCN(C)CC1. The number of thiophene rings is 1. The molecule has 1 aromatic heterocycles. The molecule has 0 bridgehead atoms. The first-order valence-electron chi connectivity index (χ1n) is 6.20. The molecule has 2 heterocycles. The largest absolute Gasteiger partial charge is 0.315 e. The van der Waals surface area contributed by atoms with Gasteiger partial charge in [-0.2, -0.15) is 0 Å². The number of piperazine rings is 1. The van der Waals surface area contributed by atoms with E-state index in [2.05, 4.69) is 15.0 Å². The second-order valence-corrected chi connectivity index (χ2v) is 7.25. The van der Waals surface area contributed by atoms with Gasteiger partial charge in [-0.3, -0.25) is 0 Å². The number of hydrogen-bond donors (Lipinski definition) is 2. The zero-order valence-corrected chi connectivity index (χ0v) is 12.9. The molecule has 2 N–H and O–H groups in total. The van der Waals surface area contributed by atoms with Gasteiger partial charge in [0.2, 0.25) is 0 Å². The summed E-state index contributed by atoms with van der Waals surface area (Å²) >= 11 is 1.45. The van der Waals surface area contributed by atoms with Crippen LogP contribution in [0.5, 0.6) is 0 Å². The molecule has 19 heavy (non-hydrogen) atoms. The number of nitrogens with zero attached hydrogens (tertiary/aromatic N) is 2. The maximum absolute atomic E-state index is 12.4. The standard InChI is InChI=1S/C11H20N4O2S2/c1-12-9-10-11(3-8-18-10)19(16,17)13-15-6-4-14(2)5-7-15/h3,8,12-13H,4-7,9H2,1-2H3. The number of hydrazine groups is 1. The quantitative estimate of drug-likeness (QED) is 0.796. The second kappa shape index (κ2) is 6.29. The minimum atomic E-state index is -3.46. The van der Waals surface area contributed by atoms with Crippen LogP contribution in [-0.4, -0.2) is 58.6 Å². The lowest BCUT2D eigenvalue weighted by Crippen LogP contribution is -2.52. The Hall–Kier alpha value is -0.510. The number of likely N-dealkylation sites (N-methyl/N-ethyl adjacent to an activating group) is 1. The van der Waals surface area contributed by atoms with Crippen LogP contribution in [0.25, 0.3) is 0 Å². The van der Waals surface area contributed by atoms with Crippen molar-refractivity contribution in [2.75, 3.05) is 40.3 Å². The van der Waals surface area contributed by atoms with E-state index in [0.29, 0.717) is 24.5 Å². The van der Waals surface area contributed by atoms with Crippen LogP contribution < -0.4 is 10.1 Å². The monoisotopic (exact) mass is 304 g/mol. The molecule has 1 aliphatic rings. The Balaban J connectivity index is 2.07. The van der Waals surface area contributed by atoms with E-state index < -0.39 is 10.0 Å². The summed E-state index contributed by atoms with van der Waals surface area (Å²) in [4.78, 5) is 6.07. The summed E-state index contributed by atoms with van der Waals surface area (Å²) < 4.78 is 24.7. The Bertz CT molecular complexity index is 507. The molecule has 0 radical (unpaired) electrons. The van der Waals surface area contributed by atoms with Crippen LogP contribution in [0.15, 0.2) is 16.3 Å². The van der Waals surface area contributed by atoms with Crippen molar-refractivity contribution in [3.63, 3.8) is 0 Å². The molecular formula is C11H20N4O2S2. The van der Waals surface area contributed by atoms with Crippen molar-refractivity contribution in [1.82, 2.24) is 20.1 Å². The van der Waals surface area contributed by atoms with E-state index in [9.17, 15) is 8.42 Å². The summed E-state index contributed by atoms with van der Waals surface area (Å²) in [5.41, 5.74) is 0. The van der Waals surface area contributed by atoms with Crippen molar-refractivity contribution in [3.05, 3.63) is 16.3 Å². The summed E-state index contributed by atoms with van der Waals surface area (Å²) in [6.07, 6.45) is 0. The fourth-order valence-electron chi connectivity index (χ4n) is 1.97. The third-order valence-electron chi connectivity index (χ3n) is 3.08. The normalized spacial score (nSPS) is 18.8. The van der Waals surface area contributed by atoms with E-state index in [-0.39, 0.29) is 0 Å². The number of sulfonamides is 1. The van der Waals surface area contributed by atoms with Crippen molar-refractivity contribution in [2.45, 2.75) is 11.4 Å². The molecule has 1 aromatic rings. The Labute approximate surface area is 118 Å². The lowest BCUT2D eigenvalue weighted by molar-refractivity contribution is 0.135. The van der Waals surface area contributed by atoms with Gasteiger partial charge in [0, 0.05) is 37.6 Å². The molecule has 0 atom stereocenters. The number of hydrogen-bond acceptors (Lipinski definition) is 6. The first-order chi connectivity index (χ1) is 9.03. The van der Waals surface area contributed by atoms with Crippen LogP contribution in [0.4, 0.5) is 0 Å². The Morgan fingerprint density at radius 1 is 1.32 bits per heavy atom. The highest BCUT2D eigenvalue weighted by atomic mass is 32.2. The van der Waals surface area contributed by atoms with Crippen LogP contribution in [0, 0.1) is 0 Å². The highest BCUT2D eigenvalue weighted by Crippen LogP contribution is 2.21. The van der Waals surface area contributed by atoms with E-state index in [1.807, 2.05) is 19.5 Å². The lowest BCUT2D eigenvalue weighted by Gasteiger charge is -2.32.